The van der Waals surface area contributed by atoms with Crippen molar-refractivity contribution in [3.8, 4) is 0 Å². The van der Waals surface area contributed by atoms with Gasteiger partial charge in [-0.15, -0.1) is 0 Å². The number of ether oxygens (including phenoxy) is 1. The van der Waals surface area contributed by atoms with Gasteiger partial charge >= 0.3 is 0 Å². The van der Waals surface area contributed by atoms with Crippen molar-refractivity contribution in [2.24, 2.45) is 0 Å². The third kappa shape index (κ3) is 3.38. The Morgan fingerprint density at radius 2 is 1.67 bits per heavy atom. The highest BCUT2D eigenvalue weighted by Crippen LogP contribution is 2.37. The second-order valence-electron chi connectivity index (χ2n) is 6.33. The number of ketones is 2. The molecule has 0 fully saturated rings. The molecule has 3 rings (SSSR count). The van der Waals surface area contributed by atoms with Crippen LogP contribution >= 0.6 is 0 Å². The van der Waals surface area contributed by atoms with Gasteiger partial charge in [0.25, 0.3) is 10.0 Å². The SMILES string of the molecule is CC(=O)COC1=C(C(=O)c2ccc(C)cc2)N(C)S(=O)(=O)c2ccccc21. The van der Waals surface area contributed by atoms with Crippen molar-refractivity contribution in [2.45, 2.75) is 18.7 Å². The number of carbonyl (C=O) groups is 2. The minimum Gasteiger partial charge on any atom is -0.483 e. The van der Waals surface area contributed by atoms with Crippen LogP contribution in [0.4, 0.5) is 0 Å². The zero-order valence-electron chi connectivity index (χ0n) is 15.2. The summed E-state index contributed by atoms with van der Waals surface area (Å²) in [5, 5.41) is 0. The van der Waals surface area contributed by atoms with Crippen molar-refractivity contribution in [1.29, 1.82) is 0 Å². The topological polar surface area (TPSA) is 80.8 Å². The summed E-state index contributed by atoms with van der Waals surface area (Å²) >= 11 is 0. The molecule has 0 spiro atoms. The minimum absolute atomic E-state index is 0.0338. The molecule has 0 aliphatic carbocycles. The largest absolute Gasteiger partial charge is 0.483 e. The lowest BCUT2D eigenvalue weighted by Gasteiger charge is -2.30. The first-order chi connectivity index (χ1) is 12.7. The minimum atomic E-state index is -3.91. The highest BCUT2D eigenvalue weighted by Gasteiger charge is 2.38. The highest BCUT2D eigenvalue weighted by atomic mass is 32.2. The maximum absolute atomic E-state index is 13.1. The fraction of sp³-hybridized carbons (Fsp3) is 0.200. The van der Waals surface area contributed by atoms with Crippen molar-refractivity contribution >= 4 is 27.3 Å². The Labute approximate surface area is 158 Å². The molecule has 2 aromatic carbocycles. The molecule has 27 heavy (non-hydrogen) atoms. The van der Waals surface area contributed by atoms with Crippen LogP contribution in [0.15, 0.2) is 59.1 Å². The summed E-state index contributed by atoms with van der Waals surface area (Å²) in [5.41, 5.74) is 1.47. The number of benzene rings is 2. The number of fused-ring (bicyclic) bond motifs is 1. The van der Waals surface area contributed by atoms with Gasteiger partial charge in [0.05, 0.1) is 4.90 Å². The van der Waals surface area contributed by atoms with E-state index >= 15 is 0 Å². The summed E-state index contributed by atoms with van der Waals surface area (Å²) in [6.45, 7) is 2.99. The first-order valence-electron chi connectivity index (χ1n) is 8.29. The molecule has 140 valence electrons. The fourth-order valence-electron chi connectivity index (χ4n) is 2.83. The summed E-state index contributed by atoms with van der Waals surface area (Å²) in [6.07, 6.45) is 0. The molecule has 1 aliphatic rings. The van der Waals surface area contributed by atoms with E-state index in [1.165, 1.54) is 20.0 Å². The van der Waals surface area contributed by atoms with E-state index in [1.54, 1.807) is 42.5 Å². The Morgan fingerprint density at radius 1 is 1.04 bits per heavy atom. The van der Waals surface area contributed by atoms with E-state index in [0.29, 0.717) is 5.56 Å². The average molecular weight is 385 g/mol. The van der Waals surface area contributed by atoms with Crippen molar-refractivity contribution in [3.05, 3.63) is 70.9 Å². The van der Waals surface area contributed by atoms with Gasteiger partial charge < -0.3 is 4.74 Å². The second kappa shape index (κ2) is 7.00. The standard InChI is InChI=1S/C20H19NO5S/c1-13-8-10-15(11-9-13)19(23)18-20(26-12-14(2)22)16-6-4-5-7-17(16)27(24,25)21(18)3/h4-11H,12H2,1-3H3. The van der Waals surface area contributed by atoms with Gasteiger partial charge in [0.15, 0.2) is 11.5 Å². The van der Waals surface area contributed by atoms with Gasteiger partial charge in [-0.1, -0.05) is 42.0 Å². The van der Waals surface area contributed by atoms with E-state index in [9.17, 15) is 18.0 Å². The number of hydrogen-bond donors (Lipinski definition) is 0. The van der Waals surface area contributed by atoms with Crippen molar-refractivity contribution in [3.63, 3.8) is 0 Å². The van der Waals surface area contributed by atoms with E-state index in [0.717, 1.165) is 9.87 Å². The fourth-order valence-corrected chi connectivity index (χ4v) is 4.22. The molecule has 7 heteroatoms. The smallest absolute Gasteiger partial charge is 0.265 e. The lowest BCUT2D eigenvalue weighted by Crippen LogP contribution is -2.35. The van der Waals surface area contributed by atoms with Gasteiger partial charge in [-0.2, -0.15) is 0 Å². The maximum Gasteiger partial charge on any atom is 0.265 e. The van der Waals surface area contributed by atoms with Gasteiger partial charge in [-0.3, -0.25) is 13.9 Å². The molecule has 0 N–H and O–H groups in total. The average Bonchev–Trinajstić information content (AvgIpc) is 2.64. The Kier molecular flexibility index (Phi) is 4.89. The number of aryl methyl sites for hydroxylation is 1. The summed E-state index contributed by atoms with van der Waals surface area (Å²) in [5.74, 6) is -0.643. The molecule has 0 saturated heterocycles. The molecule has 0 unspecified atom stereocenters. The highest BCUT2D eigenvalue weighted by molar-refractivity contribution is 7.89. The molecule has 0 saturated carbocycles. The summed E-state index contributed by atoms with van der Waals surface area (Å²) in [7, 11) is -2.60. The number of allylic oxidation sites excluding steroid dienone is 1. The van der Waals surface area contributed by atoms with E-state index in [1.807, 2.05) is 6.92 Å². The van der Waals surface area contributed by atoms with E-state index < -0.39 is 15.8 Å². The molecule has 0 atom stereocenters. The maximum atomic E-state index is 13.1. The van der Waals surface area contributed by atoms with Crippen LogP contribution in [0.1, 0.15) is 28.4 Å². The molecular formula is C20H19NO5S. The third-order valence-corrected chi connectivity index (χ3v) is 6.06. The van der Waals surface area contributed by atoms with Crippen LogP contribution in [0.5, 0.6) is 0 Å². The molecule has 0 aromatic heterocycles. The Bertz CT molecular complexity index is 1050. The Balaban J connectivity index is 2.24. The van der Waals surface area contributed by atoms with Crippen LogP contribution in [0.25, 0.3) is 5.76 Å². The van der Waals surface area contributed by atoms with Crippen LogP contribution in [-0.2, 0) is 19.6 Å². The quantitative estimate of drug-likeness (QED) is 0.740. The molecule has 0 radical (unpaired) electrons. The number of nitrogens with zero attached hydrogens (tertiary/aromatic N) is 1. The number of hydrogen-bond acceptors (Lipinski definition) is 5. The van der Waals surface area contributed by atoms with Crippen molar-refractivity contribution in [1.82, 2.24) is 4.31 Å². The number of sulfonamides is 1. The van der Waals surface area contributed by atoms with Gasteiger partial charge in [-0.25, -0.2) is 8.42 Å². The van der Waals surface area contributed by atoms with Gasteiger partial charge in [0.2, 0.25) is 5.78 Å². The predicted octanol–water partition coefficient (Wildman–Crippen LogP) is 2.79. The first-order valence-corrected chi connectivity index (χ1v) is 9.73. The molecule has 6 nitrogen and oxygen atoms in total. The predicted molar refractivity (Wildman–Crippen MR) is 100 cm³/mol. The lowest BCUT2D eigenvalue weighted by molar-refractivity contribution is -0.119. The lowest BCUT2D eigenvalue weighted by atomic mass is 10.0. The van der Waals surface area contributed by atoms with Crippen LogP contribution in [0.2, 0.25) is 0 Å². The number of rotatable bonds is 5. The summed E-state index contributed by atoms with van der Waals surface area (Å²) in [6, 6.07) is 13.1. The van der Waals surface area contributed by atoms with E-state index in [4.69, 9.17) is 4.74 Å². The zero-order chi connectivity index (χ0) is 19.8. The Morgan fingerprint density at radius 3 is 2.30 bits per heavy atom. The number of likely N-dealkylation sites (N-methyl/N-ethyl adjacent to an activating group) is 1. The van der Waals surface area contributed by atoms with E-state index in [-0.39, 0.29) is 34.3 Å². The van der Waals surface area contributed by atoms with Gasteiger partial charge in [-0.05, 0) is 26.0 Å². The molecular weight excluding hydrogens is 366 g/mol. The van der Waals surface area contributed by atoms with Crippen LogP contribution in [0, 0.1) is 6.92 Å². The van der Waals surface area contributed by atoms with E-state index in [2.05, 4.69) is 0 Å². The van der Waals surface area contributed by atoms with Crippen molar-refractivity contribution in [2.75, 3.05) is 13.7 Å². The van der Waals surface area contributed by atoms with Crippen LogP contribution < -0.4 is 0 Å². The van der Waals surface area contributed by atoms with Gasteiger partial charge in [0, 0.05) is 18.2 Å². The normalized spacial score (nSPS) is 15.3. The first kappa shape index (κ1) is 18.8. The van der Waals surface area contributed by atoms with Crippen molar-refractivity contribution < 1.29 is 22.7 Å². The summed E-state index contributed by atoms with van der Waals surface area (Å²) in [4.78, 5) is 24.6. The molecule has 0 amide bonds. The van der Waals surface area contributed by atoms with Crippen LogP contribution in [0.3, 0.4) is 0 Å². The number of carbonyl (C=O) groups excluding carboxylic acids is 2. The molecule has 2 aromatic rings. The second-order valence-corrected chi connectivity index (χ2v) is 8.27. The molecule has 0 bridgehead atoms. The molecule has 1 aliphatic heterocycles. The summed E-state index contributed by atoms with van der Waals surface area (Å²) < 4.78 is 32.4. The van der Waals surface area contributed by atoms with Crippen LogP contribution in [-0.4, -0.2) is 37.9 Å². The Hall–Kier alpha value is -2.93. The third-order valence-electron chi connectivity index (χ3n) is 4.25. The number of Topliss-reactive ketones (excluding diaryl/α,β-unsaturated/α-hetero) is 2. The monoisotopic (exact) mass is 385 g/mol. The molecule has 1 heterocycles. The van der Waals surface area contributed by atoms with Gasteiger partial charge in [0.1, 0.15) is 12.3 Å². The zero-order valence-corrected chi connectivity index (χ0v) is 16.0.